The predicted octanol–water partition coefficient (Wildman–Crippen LogP) is 5.42. The van der Waals surface area contributed by atoms with Gasteiger partial charge in [-0.3, -0.25) is 4.79 Å². The number of carbonyl (C=O) groups is 2. The van der Waals surface area contributed by atoms with Crippen molar-refractivity contribution in [2.45, 2.75) is 13.1 Å². The van der Waals surface area contributed by atoms with E-state index in [1.54, 1.807) is 36.4 Å². The molecule has 0 aliphatic rings. The highest BCUT2D eigenvalue weighted by molar-refractivity contribution is 6.37. The number of halogens is 4. The first-order chi connectivity index (χ1) is 16.1. The Kier molecular flexibility index (Phi) is 6.01. The highest BCUT2D eigenvalue weighted by Gasteiger charge is 2.37. The first kappa shape index (κ1) is 23.2. The fourth-order valence-electron chi connectivity index (χ4n) is 3.27. The molecule has 0 saturated carbocycles. The van der Waals surface area contributed by atoms with E-state index < -0.39 is 29.4 Å². The Labute approximate surface area is 196 Å². The van der Waals surface area contributed by atoms with E-state index in [0.717, 1.165) is 11.6 Å². The number of aryl methyl sites for hydroxylation is 1. The Hall–Kier alpha value is -3.92. The van der Waals surface area contributed by atoms with Crippen molar-refractivity contribution in [3.05, 3.63) is 82.1 Å². The smallest absolute Gasteiger partial charge is 0.433 e. The number of alkyl halides is 3. The third-order valence-corrected chi connectivity index (χ3v) is 5.31. The summed E-state index contributed by atoms with van der Waals surface area (Å²) in [6, 6.07) is 13.6. The van der Waals surface area contributed by atoms with Crippen LogP contribution in [-0.2, 0) is 10.9 Å². The SMILES string of the molecule is COC(=O)c1ccccc1NC(=O)c1nn2c(C(F)(F)F)cc(-c3ccc(C)cc3)nc2c1Cl. The molecule has 0 aliphatic carbocycles. The lowest BCUT2D eigenvalue weighted by Gasteiger charge is -2.11. The van der Waals surface area contributed by atoms with Gasteiger partial charge in [0.05, 0.1) is 24.1 Å². The number of nitrogens with one attached hydrogen (secondary N) is 1. The van der Waals surface area contributed by atoms with Gasteiger partial charge in [0.15, 0.2) is 17.0 Å². The van der Waals surface area contributed by atoms with Gasteiger partial charge in [0.1, 0.15) is 5.02 Å². The molecule has 2 aromatic carbocycles. The number of methoxy groups -OCH3 is 1. The highest BCUT2D eigenvalue weighted by Crippen LogP contribution is 2.35. The molecule has 0 fully saturated rings. The Balaban J connectivity index is 1.83. The van der Waals surface area contributed by atoms with Gasteiger partial charge in [-0.25, -0.2) is 14.3 Å². The number of ether oxygens (including phenoxy) is 1. The number of benzene rings is 2. The molecule has 0 saturated heterocycles. The minimum atomic E-state index is -4.80. The van der Waals surface area contributed by atoms with Crippen molar-refractivity contribution in [2.75, 3.05) is 12.4 Å². The van der Waals surface area contributed by atoms with Gasteiger partial charge in [-0.1, -0.05) is 53.6 Å². The van der Waals surface area contributed by atoms with Gasteiger partial charge < -0.3 is 10.1 Å². The molecule has 2 heterocycles. The minimum absolute atomic E-state index is 0.0182. The van der Waals surface area contributed by atoms with Crippen LogP contribution in [0.15, 0.2) is 54.6 Å². The van der Waals surface area contributed by atoms with Gasteiger partial charge >= 0.3 is 12.1 Å². The fourth-order valence-corrected chi connectivity index (χ4v) is 3.52. The van der Waals surface area contributed by atoms with Crippen LogP contribution in [0.25, 0.3) is 16.9 Å². The Bertz CT molecular complexity index is 1420. The molecule has 0 spiro atoms. The molecule has 4 rings (SSSR count). The number of fused-ring (bicyclic) bond motifs is 1. The van der Waals surface area contributed by atoms with Crippen LogP contribution < -0.4 is 5.32 Å². The van der Waals surface area contributed by atoms with E-state index in [9.17, 15) is 22.8 Å². The Morgan fingerprint density at radius 2 is 1.76 bits per heavy atom. The maximum Gasteiger partial charge on any atom is 0.433 e. The van der Waals surface area contributed by atoms with Crippen molar-refractivity contribution >= 4 is 34.8 Å². The summed E-state index contributed by atoms with van der Waals surface area (Å²) in [5.74, 6) is -1.63. The predicted molar refractivity (Wildman–Crippen MR) is 119 cm³/mol. The second-order valence-electron chi connectivity index (χ2n) is 7.28. The summed E-state index contributed by atoms with van der Waals surface area (Å²) in [6.07, 6.45) is -4.80. The molecule has 2 aromatic heterocycles. The number of hydrogen-bond donors (Lipinski definition) is 1. The van der Waals surface area contributed by atoms with Crippen molar-refractivity contribution < 1.29 is 27.5 Å². The zero-order valence-corrected chi connectivity index (χ0v) is 18.5. The third kappa shape index (κ3) is 4.32. The maximum absolute atomic E-state index is 13.9. The fraction of sp³-hybridized carbons (Fsp3) is 0.130. The van der Waals surface area contributed by atoms with Crippen LogP contribution in [0.3, 0.4) is 0 Å². The van der Waals surface area contributed by atoms with Crippen LogP contribution in [0.2, 0.25) is 5.02 Å². The molecular formula is C23H16ClF3N4O3. The summed E-state index contributed by atoms with van der Waals surface area (Å²) in [7, 11) is 1.18. The highest BCUT2D eigenvalue weighted by atomic mass is 35.5. The van der Waals surface area contributed by atoms with E-state index in [1.165, 1.54) is 19.2 Å². The van der Waals surface area contributed by atoms with Crippen LogP contribution in [0.5, 0.6) is 0 Å². The number of carbonyl (C=O) groups excluding carboxylic acids is 2. The van der Waals surface area contributed by atoms with Crippen LogP contribution in [0.1, 0.15) is 32.1 Å². The van der Waals surface area contributed by atoms with Crippen molar-refractivity contribution in [3.63, 3.8) is 0 Å². The lowest BCUT2D eigenvalue weighted by Crippen LogP contribution is -2.17. The largest absolute Gasteiger partial charge is 0.465 e. The number of para-hydroxylation sites is 1. The van der Waals surface area contributed by atoms with Crippen LogP contribution in [-0.4, -0.2) is 33.6 Å². The third-order valence-electron chi connectivity index (χ3n) is 4.97. The van der Waals surface area contributed by atoms with Gasteiger partial charge in [-0.2, -0.15) is 18.3 Å². The standard InChI is InChI=1S/C23H16ClF3N4O3/c1-12-7-9-13(10-8-12)16-11-17(23(25,26)27)31-20(28-16)18(24)19(30-31)21(32)29-15-6-4-3-5-14(15)22(33)34-2/h3-11H,1-2H3,(H,29,32). The number of nitrogens with zero attached hydrogens (tertiary/aromatic N) is 3. The van der Waals surface area contributed by atoms with Crippen molar-refractivity contribution in [2.24, 2.45) is 0 Å². The molecular weight excluding hydrogens is 473 g/mol. The van der Waals surface area contributed by atoms with Crippen LogP contribution in [0.4, 0.5) is 18.9 Å². The van der Waals surface area contributed by atoms with Crippen LogP contribution in [0, 0.1) is 6.92 Å². The summed E-state index contributed by atoms with van der Waals surface area (Å²) in [4.78, 5) is 29.1. The average Bonchev–Trinajstić information content (AvgIpc) is 3.14. The summed E-state index contributed by atoms with van der Waals surface area (Å²) < 4.78 is 46.8. The molecule has 0 unspecified atom stereocenters. The van der Waals surface area contributed by atoms with E-state index in [-0.39, 0.29) is 27.6 Å². The first-order valence-electron chi connectivity index (χ1n) is 9.82. The lowest BCUT2D eigenvalue weighted by atomic mass is 10.1. The zero-order valence-electron chi connectivity index (χ0n) is 17.8. The number of aromatic nitrogens is 3. The molecule has 0 atom stereocenters. The van der Waals surface area contributed by atoms with Gasteiger partial charge in [-0.05, 0) is 25.1 Å². The van der Waals surface area contributed by atoms with Crippen molar-refractivity contribution in [3.8, 4) is 11.3 Å². The summed E-state index contributed by atoms with van der Waals surface area (Å²) >= 11 is 6.29. The van der Waals surface area contributed by atoms with E-state index in [4.69, 9.17) is 11.6 Å². The van der Waals surface area contributed by atoms with Crippen molar-refractivity contribution in [1.29, 1.82) is 0 Å². The van der Waals surface area contributed by atoms with Crippen molar-refractivity contribution in [1.82, 2.24) is 14.6 Å². The molecule has 11 heteroatoms. The Morgan fingerprint density at radius 3 is 2.41 bits per heavy atom. The number of esters is 1. The van der Waals surface area contributed by atoms with Gasteiger partial charge in [-0.15, -0.1) is 0 Å². The molecule has 1 amide bonds. The maximum atomic E-state index is 13.9. The van der Waals surface area contributed by atoms with E-state index >= 15 is 0 Å². The van der Waals surface area contributed by atoms with Gasteiger partial charge in [0.25, 0.3) is 5.91 Å². The monoisotopic (exact) mass is 488 g/mol. The molecule has 1 N–H and O–H groups in total. The van der Waals surface area contributed by atoms with E-state index in [1.807, 2.05) is 6.92 Å². The molecule has 0 bridgehead atoms. The van der Waals surface area contributed by atoms with Crippen LogP contribution >= 0.6 is 11.6 Å². The molecule has 174 valence electrons. The van der Waals surface area contributed by atoms with E-state index in [2.05, 4.69) is 20.1 Å². The quantitative estimate of drug-likeness (QED) is 0.388. The van der Waals surface area contributed by atoms with E-state index in [0.29, 0.717) is 10.1 Å². The second kappa shape index (κ2) is 8.79. The number of anilines is 1. The lowest BCUT2D eigenvalue weighted by molar-refractivity contribution is -0.142. The minimum Gasteiger partial charge on any atom is -0.465 e. The van der Waals surface area contributed by atoms with Gasteiger partial charge in [0.2, 0.25) is 0 Å². The summed E-state index contributed by atoms with van der Waals surface area (Å²) in [6.45, 7) is 1.85. The molecule has 7 nitrogen and oxygen atoms in total. The number of amides is 1. The Morgan fingerprint density at radius 1 is 1.09 bits per heavy atom. The number of rotatable bonds is 4. The topological polar surface area (TPSA) is 85.6 Å². The number of hydrogen-bond acceptors (Lipinski definition) is 5. The average molecular weight is 489 g/mol. The van der Waals surface area contributed by atoms with Gasteiger partial charge in [0, 0.05) is 5.56 Å². The molecule has 0 radical (unpaired) electrons. The zero-order chi connectivity index (χ0) is 24.6. The molecule has 34 heavy (non-hydrogen) atoms. The molecule has 4 aromatic rings. The summed E-state index contributed by atoms with van der Waals surface area (Å²) in [5, 5.41) is 5.87. The normalized spacial score (nSPS) is 11.5. The summed E-state index contributed by atoms with van der Waals surface area (Å²) in [5.41, 5.74) is -0.457. The first-order valence-corrected chi connectivity index (χ1v) is 10.2. The molecule has 0 aliphatic heterocycles. The second-order valence-corrected chi connectivity index (χ2v) is 7.66.